The molecule has 1 N–H and O–H groups in total. The van der Waals surface area contributed by atoms with Gasteiger partial charge in [0.05, 0.1) is 0 Å². The average molecular weight is 340 g/mol. The Morgan fingerprint density at radius 3 is 2.15 bits per heavy atom. The Kier molecular flexibility index (Phi) is 4.89. The van der Waals surface area contributed by atoms with Crippen LogP contribution in [0.5, 0.6) is 0 Å². The average Bonchev–Trinajstić information content (AvgIpc) is 2.38. The van der Waals surface area contributed by atoms with Crippen LogP contribution in [0, 0.1) is 11.6 Å². The van der Waals surface area contributed by atoms with Crippen LogP contribution in [0.3, 0.4) is 0 Å². The van der Waals surface area contributed by atoms with Gasteiger partial charge in [-0.3, -0.25) is 0 Å². The normalized spacial score (nSPS) is 14.1. The number of nitrogens with one attached hydrogen (secondary N) is 1. The molecule has 2 atom stereocenters. The zero-order valence-electron chi connectivity index (χ0n) is 11.3. The second kappa shape index (κ2) is 6.46. The maximum absolute atomic E-state index is 13.7. The van der Waals surface area contributed by atoms with Crippen LogP contribution in [-0.2, 0) is 0 Å². The van der Waals surface area contributed by atoms with Crippen LogP contribution >= 0.6 is 15.9 Å². The van der Waals surface area contributed by atoms with Crippen molar-refractivity contribution in [2.45, 2.75) is 25.9 Å². The van der Waals surface area contributed by atoms with Crippen molar-refractivity contribution < 1.29 is 8.78 Å². The maximum atomic E-state index is 13.7. The van der Waals surface area contributed by atoms with Gasteiger partial charge < -0.3 is 5.32 Å². The molecule has 0 saturated heterocycles. The third kappa shape index (κ3) is 3.44. The first-order chi connectivity index (χ1) is 9.49. The summed E-state index contributed by atoms with van der Waals surface area (Å²) in [6, 6.07) is 11.3. The molecule has 0 aromatic heterocycles. The second-order valence-corrected chi connectivity index (χ2v) is 5.72. The molecule has 2 aromatic rings. The molecular weight excluding hydrogens is 324 g/mol. The summed E-state index contributed by atoms with van der Waals surface area (Å²) in [5.41, 5.74) is 1.14. The zero-order chi connectivity index (χ0) is 14.7. The van der Waals surface area contributed by atoms with Crippen molar-refractivity contribution in [1.29, 1.82) is 0 Å². The Bertz CT molecular complexity index is 581. The topological polar surface area (TPSA) is 12.0 Å². The molecule has 0 spiro atoms. The van der Waals surface area contributed by atoms with E-state index in [0.717, 1.165) is 10.0 Å². The molecule has 1 unspecified atom stereocenters. The van der Waals surface area contributed by atoms with E-state index in [1.54, 1.807) is 6.92 Å². The first kappa shape index (κ1) is 15.1. The highest BCUT2D eigenvalue weighted by molar-refractivity contribution is 9.10. The summed E-state index contributed by atoms with van der Waals surface area (Å²) in [5.74, 6) is -1.04. The fourth-order valence-corrected chi connectivity index (χ4v) is 2.67. The van der Waals surface area contributed by atoms with Gasteiger partial charge in [0.25, 0.3) is 0 Å². The van der Waals surface area contributed by atoms with Crippen LogP contribution in [0.1, 0.15) is 37.1 Å². The first-order valence-electron chi connectivity index (χ1n) is 6.44. The van der Waals surface area contributed by atoms with Gasteiger partial charge in [0, 0.05) is 22.1 Å². The quantitative estimate of drug-likeness (QED) is 0.813. The van der Waals surface area contributed by atoms with E-state index in [-0.39, 0.29) is 11.6 Å². The van der Waals surface area contributed by atoms with E-state index in [2.05, 4.69) is 21.2 Å². The van der Waals surface area contributed by atoms with Crippen LogP contribution < -0.4 is 5.32 Å². The van der Waals surface area contributed by atoms with Gasteiger partial charge in [0.15, 0.2) is 0 Å². The minimum absolute atomic E-state index is 0.0125. The molecular formula is C16H16BrF2N. The zero-order valence-corrected chi connectivity index (χ0v) is 12.9. The Labute approximate surface area is 126 Å². The van der Waals surface area contributed by atoms with Gasteiger partial charge in [-0.15, -0.1) is 0 Å². The molecule has 0 fully saturated rings. The van der Waals surface area contributed by atoms with Crippen molar-refractivity contribution in [2.75, 3.05) is 0 Å². The first-order valence-corrected chi connectivity index (χ1v) is 7.23. The standard InChI is InChI=1S/C16H16BrF2N/c1-10(12-5-3-6-13(17)9-12)20-11(2)16-14(18)7-4-8-15(16)19/h3-11,20H,1-2H3/t10-,11?/m1/s1. The maximum Gasteiger partial charge on any atom is 0.130 e. The molecule has 0 aliphatic carbocycles. The van der Waals surface area contributed by atoms with Crippen LogP contribution in [0.15, 0.2) is 46.9 Å². The number of rotatable bonds is 4. The number of hydrogen-bond acceptors (Lipinski definition) is 1. The van der Waals surface area contributed by atoms with Gasteiger partial charge in [0.1, 0.15) is 11.6 Å². The predicted octanol–water partition coefficient (Wildman–Crippen LogP) is 5.14. The summed E-state index contributed by atoms with van der Waals surface area (Å²) in [5, 5.41) is 3.22. The Balaban J connectivity index is 2.17. The third-order valence-corrected chi connectivity index (χ3v) is 3.77. The molecule has 0 aliphatic rings. The minimum atomic E-state index is -0.522. The summed E-state index contributed by atoms with van der Waals surface area (Å²) in [6.45, 7) is 3.73. The van der Waals surface area contributed by atoms with Crippen LogP contribution in [-0.4, -0.2) is 0 Å². The summed E-state index contributed by atoms with van der Waals surface area (Å²) >= 11 is 3.42. The number of hydrogen-bond donors (Lipinski definition) is 1. The predicted molar refractivity (Wildman–Crippen MR) is 80.5 cm³/mol. The van der Waals surface area contributed by atoms with E-state index in [1.807, 2.05) is 31.2 Å². The molecule has 0 aliphatic heterocycles. The molecule has 0 radical (unpaired) electrons. The molecule has 0 heterocycles. The van der Waals surface area contributed by atoms with Gasteiger partial charge in [0.2, 0.25) is 0 Å². The summed E-state index contributed by atoms with van der Waals surface area (Å²) < 4.78 is 28.4. The minimum Gasteiger partial charge on any atom is -0.303 e. The second-order valence-electron chi connectivity index (χ2n) is 4.80. The van der Waals surface area contributed by atoms with Crippen LogP contribution in [0.2, 0.25) is 0 Å². The molecule has 4 heteroatoms. The van der Waals surface area contributed by atoms with E-state index >= 15 is 0 Å². The molecule has 106 valence electrons. The highest BCUT2D eigenvalue weighted by Gasteiger charge is 2.18. The van der Waals surface area contributed by atoms with Crippen molar-refractivity contribution in [2.24, 2.45) is 0 Å². The monoisotopic (exact) mass is 339 g/mol. The van der Waals surface area contributed by atoms with E-state index in [1.165, 1.54) is 18.2 Å². The summed E-state index contributed by atoms with van der Waals surface area (Å²) in [7, 11) is 0. The van der Waals surface area contributed by atoms with Gasteiger partial charge >= 0.3 is 0 Å². The Hall–Kier alpha value is -1.26. The van der Waals surface area contributed by atoms with Crippen molar-refractivity contribution in [1.82, 2.24) is 5.32 Å². The molecule has 2 rings (SSSR count). The fourth-order valence-electron chi connectivity index (χ4n) is 2.25. The highest BCUT2D eigenvalue weighted by Crippen LogP contribution is 2.25. The third-order valence-electron chi connectivity index (χ3n) is 3.28. The molecule has 1 nitrogen and oxygen atoms in total. The molecule has 2 aromatic carbocycles. The molecule has 0 amide bonds. The molecule has 0 bridgehead atoms. The Morgan fingerprint density at radius 1 is 0.950 bits per heavy atom. The van der Waals surface area contributed by atoms with Crippen LogP contribution in [0.25, 0.3) is 0 Å². The summed E-state index contributed by atoms with van der Waals surface area (Å²) in [6.07, 6.45) is 0. The molecule has 20 heavy (non-hydrogen) atoms. The van der Waals surface area contributed by atoms with Gasteiger partial charge in [-0.25, -0.2) is 8.78 Å². The number of benzene rings is 2. The van der Waals surface area contributed by atoms with Crippen molar-refractivity contribution in [3.63, 3.8) is 0 Å². The Morgan fingerprint density at radius 2 is 1.55 bits per heavy atom. The van der Waals surface area contributed by atoms with Gasteiger partial charge in [-0.1, -0.05) is 34.1 Å². The fraction of sp³-hybridized carbons (Fsp3) is 0.250. The lowest BCUT2D eigenvalue weighted by molar-refractivity contribution is 0.450. The number of halogens is 3. The lowest BCUT2D eigenvalue weighted by Crippen LogP contribution is -2.24. The summed E-state index contributed by atoms with van der Waals surface area (Å²) in [4.78, 5) is 0. The SMILES string of the molecule is CC(N[C@H](C)c1cccc(Br)c1)c1c(F)cccc1F. The van der Waals surface area contributed by atoms with Crippen LogP contribution in [0.4, 0.5) is 8.78 Å². The molecule has 0 saturated carbocycles. The van der Waals surface area contributed by atoms with Crippen molar-refractivity contribution >= 4 is 15.9 Å². The van der Waals surface area contributed by atoms with E-state index < -0.39 is 17.7 Å². The van der Waals surface area contributed by atoms with E-state index in [0.29, 0.717) is 0 Å². The lowest BCUT2D eigenvalue weighted by atomic mass is 10.0. The van der Waals surface area contributed by atoms with E-state index in [9.17, 15) is 8.78 Å². The van der Waals surface area contributed by atoms with Gasteiger partial charge in [-0.2, -0.15) is 0 Å². The largest absolute Gasteiger partial charge is 0.303 e. The smallest absolute Gasteiger partial charge is 0.130 e. The van der Waals surface area contributed by atoms with Crippen molar-refractivity contribution in [3.05, 3.63) is 69.7 Å². The van der Waals surface area contributed by atoms with Crippen molar-refractivity contribution in [3.8, 4) is 0 Å². The lowest BCUT2D eigenvalue weighted by Gasteiger charge is -2.21. The van der Waals surface area contributed by atoms with E-state index in [4.69, 9.17) is 0 Å². The van der Waals surface area contributed by atoms with Gasteiger partial charge in [-0.05, 0) is 43.7 Å². The highest BCUT2D eigenvalue weighted by atomic mass is 79.9.